The molecule has 0 aliphatic rings. The molecule has 7 heteroatoms. The Kier molecular flexibility index (Phi) is 5.05. The van der Waals surface area contributed by atoms with Gasteiger partial charge in [-0.1, -0.05) is 5.18 Å². The normalized spacial score (nSPS) is 10.3. The zero-order chi connectivity index (χ0) is 15.1. The molecule has 2 heterocycles. The molecule has 0 fully saturated rings. The van der Waals surface area contributed by atoms with Crippen molar-refractivity contribution in [2.45, 2.75) is 20.0 Å². The third kappa shape index (κ3) is 4.43. The molecule has 0 spiro atoms. The summed E-state index contributed by atoms with van der Waals surface area (Å²) in [5.74, 6) is -0.455. The number of nitrogens with two attached hydrogens (primary N) is 1. The van der Waals surface area contributed by atoms with Crippen molar-refractivity contribution in [1.82, 2.24) is 0 Å². The van der Waals surface area contributed by atoms with Gasteiger partial charge in [0, 0.05) is 24.3 Å². The maximum atomic E-state index is 10.9. The number of nitrogens with zero attached hydrogens (tertiary/aromatic N) is 3. The Morgan fingerprint density at radius 3 is 2.05 bits per heavy atom. The van der Waals surface area contributed by atoms with Gasteiger partial charge in [-0.25, -0.2) is 0 Å². The van der Waals surface area contributed by atoms with Crippen molar-refractivity contribution in [2.75, 3.05) is 0 Å². The standard InChI is InChI=1S/C14H15N4O3/c15-14(19)13-3-7-18(8-4-13)11-21-10-17-5-1-12(2-6-17)9-16-20/h1-8H,9-11H2,(H-,15,19)/q+1/p+1. The van der Waals surface area contributed by atoms with E-state index in [0.717, 1.165) is 5.56 Å². The van der Waals surface area contributed by atoms with E-state index in [1.807, 2.05) is 29.1 Å². The Balaban J connectivity index is 1.83. The number of nitroso groups, excluding NO2 is 1. The minimum atomic E-state index is -0.455. The summed E-state index contributed by atoms with van der Waals surface area (Å²) in [6.45, 7) is 0.896. The molecule has 0 saturated carbocycles. The fraction of sp³-hybridized carbons (Fsp3) is 0.214. The van der Waals surface area contributed by atoms with Crippen LogP contribution < -0.4 is 14.9 Å². The van der Waals surface area contributed by atoms with E-state index in [9.17, 15) is 9.70 Å². The molecule has 0 bridgehead atoms. The van der Waals surface area contributed by atoms with Crippen LogP contribution in [0.2, 0.25) is 0 Å². The van der Waals surface area contributed by atoms with Gasteiger partial charge in [-0.15, -0.1) is 0 Å². The summed E-state index contributed by atoms with van der Waals surface area (Å²) in [7, 11) is 0. The monoisotopic (exact) mass is 288 g/mol. The zero-order valence-corrected chi connectivity index (χ0v) is 11.4. The molecule has 0 atom stereocenters. The highest BCUT2D eigenvalue weighted by atomic mass is 16.5. The highest BCUT2D eigenvalue weighted by Crippen LogP contribution is 1.96. The van der Waals surface area contributed by atoms with Crippen LogP contribution in [0.25, 0.3) is 0 Å². The van der Waals surface area contributed by atoms with E-state index in [4.69, 9.17) is 10.5 Å². The van der Waals surface area contributed by atoms with Crippen LogP contribution in [0.15, 0.2) is 54.2 Å². The smallest absolute Gasteiger partial charge is 0.257 e. The van der Waals surface area contributed by atoms with E-state index in [2.05, 4.69) is 5.18 Å². The number of rotatable bonds is 7. The lowest BCUT2D eigenvalue weighted by molar-refractivity contribution is -0.788. The number of ether oxygens (including phenoxy) is 1. The zero-order valence-electron chi connectivity index (χ0n) is 11.4. The maximum Gasteiger partial charge on any atom is 0.257 e. The van der Waals surface area contributed by atoms with Crippen molar-refractivity contribution in [2.24, 2.45) is 10.9 Å². The van der Waals surface area contributed by atoms with Gasteiger partial charge in [0.2, 0.25) is 5.91 Å². The fourth-order valence-electron chi connectivity index (χ4n) is 1.71. The van der Waals surface area contributed by atoms with Gasteiger partial charge in [-0.2, -0.15) is 14.0 Å². The summed E-state index contributed by atoms with van der Waals surface area (Å²) in [5.41, 5.74) is 6.48. The number of aromatic nitrogens is 2. The predicted molar refractivity (Wildman–Crippen MR) is 72.4 cm³/mol. The molecule has 0 aliphatic heterocycles. The van der Waals surface area contributed by atoms with Crippen molar-refractivity contribution >= 4 is 5.91 Å². The molecule has 0 saturated heterocycles. The molecule has 1 amide bonds. The molecule has 2 rings (SSSR count). The largest absolute Gasteiger partial charge is 0.366 e. The molecule has 0 aliphatic carbocycles. The van der Waals surface area contributed by atoms with Crippen LogP contribution in [-0.2, 0) is 24.7 Å². The molecule has 2 aromatic heterocycles. The van der Waals surface area contributed by atoms with Crippen LogP contribution in [0.4, 0.5) is 0 Å². The lowest BCUT2D eigenvalue weighted by Gasteiger charge is -1.99. The highest BCUT2D eigenvalue weighted by molar-refractivity contribution is 5.92. The third-order valence-electron chi connectivity index (χ3n) is 2.86. The molecule has 108 valence electrons. The van der Waals surface area contributed by atoms with Crippen molar-refractivity contribution in [3.05, 3.63) is 65.1 Å². The van der Waals surface area contributed by atoms with Gasteiger partial charge >= 0.3 is 0 Å². The number of carbonyl (C=O) groups excluding carboxylic acids is 1. The van der Waals surface area contributed by atoms with Gasteiger partial charge in [0.15, 0.2) is 24.8 Å². The first kappa shape index (κ1) is 14.7. The second-order valence-corrected chi connectivity index (χ2v) is 4.44. The van der Waals surface area contributed by atoms with Crippen LogP contribution in [-0.4, -0.2) is 5.91 Å². The molecule has 0 unspecified atom stereocenters. The second-order valence-electron chi connectivity index (χ2n) is 4.44. The molecule has 2 N–H and O–H groups in total. The lowest BCUT2D eigenvalue weighted by atomic mass is 10.2. The van der Waals surface area contributed by atoms with Gasteiger partial charge in [-0.05, 0) is 5.56 Å². The molecule has 7 nitrogen and oxygen atoms in total. The first-order valence-corrected chi connectivity index (χ1v) is 6.33. The number of carbonyl (C=O) groups is 1. The van der Waals surface area contributed by atoms with Crippen LogP contribution in [0, 0.1) is 4.91 Å². The topological polar surface area (TPSA) is 89.5 Å². The summed E-state index contributed by atoms with van der Waals surface area (Å²) < 4.78 is 9.16. The molecule has 21 heavy (non-hydrogen) atoms. The molecule has 0 aromatic carbocycles. The minimum Gasteiger partial charge on any atom is -0.366 e. The van der Waals surface area contributed by atoms with E-state index in [1.54, 1.807) is 29.1 Å². The number of hydrogen-bond donors (Lipinski definition) is 1. The quantitative estimate of drug-likeness (QED) is 0.585. The van der Waals surface area contributed by atoms with Crippen molar-refractivity contribution in [3.8, 4) is 0 Å². The highest BCUT2D eigenvalue weighted by Gasteiger charge is 2.06. The Labute approximate surface area is 121 Å². The summed E-state index contributed by atoms with van der Waals surface area (Å²) in [5, 5.41) is 2.83. The summed E-state index contributed by atoms with van der Waals surface area (Å²) >= 11 is 0. The Morgan fingerprint density at radius 2 is 1.57 bits per heavy atom. The summed E-state index contributed by atoms with van der Waals surface area (Å²) in [4.78, 5) is 21.1. The Hall–Kier alpha value is -2.67. The second kappa shape index (κ2) is 7.20. The number of pyridine rings is 2. The number of amides is 1. The van der Waals surface area contributed by atoms with Crippen molar-refractivity contribution in [3.63, 3.8) is 0 Å². The van der Waals surface area contributed by atoms with Crippen LogP contribution in [0.5, 0.6) is 0 Å². The maximum absolute atomic E-state index is 10.9. The van der Waals surface area contributed by atoms with Gasteiger partial charge in [-0.3, -0.25) is 9.53 Å². The van der Waals surface area contributed by atoms with E-state index in [1.165, 1.54) is 0 Å². The summed E-state index contributed by atoms with van der Waals surface area (Å²) in [6, 6.07) is 6.92. The van der Waals surface area contributed by atoms with Gasteiger partial charge < -0.3 is 5.73 Å². The molecular formula is C14H16N4O3+2. The number of primary amides is 1. The fourth-order valence-corrected chi connectivity index (χ4v) is 1.71. The summed E-state index contributed by atoms with van der Waals surface area (Å²) in [6.07, 6.45) is 7.09. The van der Waals surface area contributed by atoms with E-state index in [0.29, 0.717) is 19.0 Å². The molecular weight excluding hydrogens is 272 g/mol. The van der Waals surface area contributed by atoms with E-state index < -0.39 is 5.91 Å². The number of hydrogen-bond acceptors (Lipinski definition) is 4. The average Bonchev–Trinajstić information content (AvgIpc) is 2.50. The average molecular weight is 288 g/mol. The third-order valence-corrected chi connectivity index (χ3v) is 2.86. The first-order valence-electron chi connectivity index (χ1n) is 6.33. The van der Waals surface area contributed by atoms with Crippen molar-refractivity contribution < 1.29 is 18.7 Å². The predicted octanol–water partition coefficient (Wildman–Crippen LogP) is 0.259. The Bertz CT molecular complexity index is 611. The first-order chi connectivity index (χ1) is 10.2. The van der Waals surface area contributed by atoms with Gasteiger partial charge in [0.05, 0.1) is 5.56 Å². The van der Waals surface area contributed by atoms with Gasteiger partial charge in [0.1, 0.15) is 6.54 Å². The van der Waals surface area contributed by atoms with Crippen molar-refractivity contribution in [1.29, 1.82) is 0 Å². The molecule has 0 radical (unpaired) electrons. The SMILES string of the molecule is NC(=O)c1cc[n+](COC[n+]2ccc(CN=O)cc2)cc1. The van der Waals surface area contributed by atoms with E-state index >= 15 is 0 Å². The van der Waals surface area contributed by atoms with Crippen LogP contribution in [0.1, 0.15) is 15.9 Å². The van der Waals surface area contributed by atoms with Gasteiger partial charge in [0.25, 0.3) is 13.5 Å². The van der Waals surface area contributed by atoms with Crippen LogP contribution >= 0.6 is 0 Å². The minimum absolute atomic E-state index is 0.170. The van der Waals surface area contributed by atoms with E-state index in [-0.39, 0.29) is 6.54 Å². The lowest BCUT2D eigenvalue weighted by Crippen LogP contribution is -2.40. The Morgan fingerprint density at radius 1 is 1.05 bits per heavy atom. The van der Waals surface area contributed by atoms with Crippen LogP contribution in [0.3, 0.4) is 0 Å². The molecule has 2 aromatic rings.